The highest BCUT2D eigenvalue weighted by Gasteiger charge is 2.22. The zero-order chi connectivity index (χ0) is 17.1. The van der Waals surface area contributed by atoms with Crippen molar-refractivity contribution in [3.05, 3.63) is 29.5 Å². The monoisotopic (exact) mass is 349 g/mol. The van der Waals surface area contributed by atoms with E-state index < -0.39 is 0 Å². The summed E-state index contributed by atoms with van der Waals surface area (Å²) >= 11 is 6.09. The fourth-order valence-corrected chi connectivity index (χ4v) is 3.82. The highest BCUT2D eigenvalue weighted by Crippen LogP contribution is 2.32. The van der Waals surface area contributed by atoms with Crippen molar-refractivity contribution in [2.24, 2.45) is 7.05 Å². The Morgan fingerprint density at radius 1 is 1.29 bits per heavy atom. The first-order valence-corrected chi connectivity index (χ1v) is 9.20. The van der Waals surface area contributed by atoms with Crippen LogP contribution in [0.3, 0.4) is 0 Å². The number of esters is 1. The average Bonchev–Trinajstić information content (AvgIpc) is 2.88. The highest BCUT2D eigenvalue weighted by atomic mass is 35.5. The summed E-state index contributed by atoms with van der Waals surface area (Å²) in [5.74, 6) is 0.796. The van der Waals surface area contributed by atoms with Gasteiger partial charge in [0.25, 0.3) is 0 Å². The van der Waals surface area contributed by atoms with Crippen LogP contribution in [0.4, 0.5) is 0 Å². The molecule has 1 aliphatic rings. The number of nitrogens with zero attached hydrogens (tertiary/aromatic N) is 1. The van der Waals surface area contributed by atoms with Crippen LogP contribution in [0.5, 0.6) is 5.75 Å². The van der Waals surface area contributed by atoms with Gasteiger partial charge in [0, 0.05) is 24.2 Å². The number of rotatable bonds is 5. The van der Waals surface area contributed by atoms with Gasteiger partial charge in [0.15, 0.2) is 0 Å². The molecule has 24 heavy (non-hydrogen) atoms. The fourth-order valence-electron chi connectivity index (χ4n) is 3.51. The zero-order valence-corrected chi connectivity index (χ0v) is 15.1. The lowest BCUT2D eigenvalue weighted by atomic mass is 9.98. The molecular weight excluding hydrogens is 326 g/mol. The Hall–Kier alpha value is -1.68. The van der Waals surface area contributed by atoms with E-state index >= 15 is 0 Å². The van der Waals surface area contributed by atoms with E-state index in [2.05, 4.69) is 0 Å². The van der Waals surface area contributed by atoms with Crippen LogP contribution < -0.4 is 4.74 Å². The molecule has 4 nitrogen and oxygen atoms in total. The van der Waals surface area contributed by atoms with E-state index in [0.29, 0.717) is 18.3 Å². The van der Waals surface area contributed by atoms with Gasteiger partial charge in [-0.2, -0.15) is 0 Å². The van der Waals surface area contributed by atoms with Crippen molar-refractivity contribution in [3.63, 3.8) is 0 Å². The number of carbonyl (C=O) groups is 1. The molecule has 1 saturated carbocycles. The molecule has 1 aromatic heterocycles. The summed E-state index contributed by atoms with van der Waals surface area (Å²) in [6, 6.07) is 5.89. The molecule has 0 atom stereocenters. The fraction of sp³-hybridized carbons (Fsp3) is 0.526. The molecule has 0 saturated heterocycles. The van der Waals surface area contributed by atoms with Crippen molar-refractivity contribution in [2.75, 3.05) is 6.61 Å². The molecule has 0 unspecified atom stereocenters. The minimum Gasteiger partial charge on any atom is -0.490 e. The van der Waals surface area contributed by atoms with Crippen LogP contribution in [-0.4, -0.2) is 23.2 Å². The van der Waals surface area contributed by atoms with Gasteiger partial charge in [0.2, 0.25) is 0 Å². The number of benzene rings is 1. The molecule has 0 spiro atoms. The van der Waals surface area contributed by atoms with Crippen LogP contribution in [-0.2, 0) is 17.7 Å². The summed E-state index contributed by atoms with van der Waals surface area (Å²) in [7, 11) is 1.92. The van der Waals surface area contributed by atoms with Gasteiger partial charge in [-0.3, -0.25) is 0 Å². The Labute approximate surface area is 147 Å². The van der Waals surface area contributed by atoms with Crippen molar-refractivity contribution < 1.29 is 14.3 Å². The number of hydrogen-bond acceptors (Lipinski definition) is 3. The van der Waals surface area contributed by atoms with Gasteiger partial charge in [-0.25, -0.2) is 4.79 Å². The molecular formula is C19H24ClNO3. The second-order valence-corrected chi connectivity index (χ2v) is 6.56. The first-order chi connectivity index (χ1) is 11.7. The maximum absolute atomic E-state index is 12.3. The Morgan fingerprint density at radius 3 is 2.71 bits per heavy atom. The van der Waals surface area contributed by atoms with E-state index in [1.54, 1.807) is 6.92 Å². The third-order valence-corrected chi connectivity index (χ3v) is 5.01. The molecule has 0 amide bonds. The predicted octanol–water partition coefficient (Wildman–Crippen LogP) is 4.81. The highest BCUT2D eigenvalue weighted by molar-refractivity contribution is 6.18. The van der Waals surface area contributed by atoms with Gasteiger partial charge in [0.1, 0.15) is 5.75 Å². The lowest BCUT2D eigenvalue weighted by molar-refractivity contribution is 0.0527. The summed E-state index contributed by atoms with van der Waals surface area (Å²) in [4.78, 5) is 12.3. The normalized spacial score (nSPS) is 15.6. The molecule has 130 valence electrons. The minimum absolute atomic E-state index is 0.262. The van der Waals surface area contributed by atoms with E-state index in [-0.39, 0.29) is 11.8 Å². The second kappa shape index (κ2) is 7.47. The number of alkyl halides is 1. The number of ether oxygens (including phenoxy) is 2. The topological polar surface area (TPSA) is 40.5 Å². The van der Waals surface area contributed by atoms with Gasteiger partial charge in [-0.05, 0) is 44.7 Å². The van der Waals surface area contributed by atoms with E-state index in [9.17, 15) is 4.79 Å². The van der Waals surface area contributed by atoms with Gasteiger partial charge in [0.05, 0.1) is 29.7 Å². The first-order valence-electron chi connectivity index (χ1n) is 8.66. The maximum Gasteiger partial charge on any atom is 0.340 e. The van der Waals surface area contributed by atoms with Crippen molar-refractivity contribution in [1.82, 2.24) is 4.57 Å². The molecule has 0 bridgehead atoms. The first kappa shape index (κ1) is 17.2. The summed E-state index contributed by atoms with van der Waals surface area (Å²) < 4.78 is 13.3. The Kier molecular flexibility index (Phi) is 5.34. The smallest absolute Gasteiger partial charge is 0.340 e. The van der Waals surface area contributed by atoms with Gasteiger partial charge >= 0.3 is 5.97 Å². The third-order valence-electron chi connectivity index (χ3n) is 4.75. The zero-order valence-electron chi connectivity index (χ0n) is 14.3. The van der Waals surface area contributed by atoms with Gasteiger partial charge < -0.3 is 14.0 Å². The molecule has 1 aliphatic carbocycles. The van der Waals surface area contributed by atoms with Gasteiger partial charge in [-0.1, -0.05) is 6.42 Å². The number of fused-ring (bicyclic) bond motifs is 1. The maximum atomic E-state index is 12.3. The van der Waals surface area contributed by atoms with Crippen molar-refractivity contribution in [1.29, 1.82) is 0 Å². The lowest BCUT2D eigenvalue weighted by Crippen LogP contribution is -2.19. The van der Waals surface area contributed by atoms with Gasteiger partial charge in [-0.15, -0.1) is 11.6 Å². The Balaban J connectivity index is 1.97. The van der Waals surface area contributed by atoms with Crippen LogP contribution in [0, 0.1) is 0 Å². The van der Waals surface area contributed by atoms with Crippen LogP contribution in [0.25, 0.3) is 10.9 Å². The van der Waals surface area contributed by atoms with Crippen molar-refractivity contribution in [2.45, 2.75) is 51.0 Å². The molecule has 3 rings (SSSR count). The number of aromatic nitrogens is 1. The molecule has 5 heteroatoms. The summed E-state index contributed by atoms with van der Waals surface area (Å²) in [6.07, 6.45) is 6.31. The molecule has 1 fully saturated rings. The largest absolute Gasteiger partial charge is 0.490 e. The molecule has 1 aromatic carbocycles. The van der Waals surface area contributed by atoms with E-state index in [1.165, 1.54) is 19.3 Å². The lowest BCUT2D eigenvalue weighted by Gasteiger charge is -2.23. The standard InChI is InChI=1S/C19H24ClNO3/c1-3-23-19(22)18-15-10-9-14(24-13-7-5-4-6-8-13)11-16(15)21(2)17(18)12-20/h9-11,13H,3-8,12H2,1-2H3. The van der Waals surface area contributed by atoms with Crippen molar-refractivity contribution in [3.8, 4) is 5.75 Å². The quantitative estimate of drug-likeness (QED) is 0.574. The molecule has 0 N–H and O–H groups in total. The third kappa shape index (κ3) is 3.25. The van der Waals surface area contributed by atoms with E-state index in [4.69, 9.17) is 21.1 Å². The number of aryl methyl sites for hydroxylation is 1. The van der Waals surface area contributed by atoms with Crippen molar-refractivity contribution >= 4 is 28.5 Å². The average molecular weight is 350 g/mol. The summed E-state index contributed by atoms with van der Waals surface area (Å²) in [5, 5.41) is 0.864. The molecule has 0 aliphatic heterocycles. The van der Waals surface area contributed by atoms with Crippen LogP contribution in [0.15, 0.2) is 18.2 Å². The molecule has 0 radical (unpaired) electrons. The molecule has 1 heterocycles. The summed E-state index contributed by atoms with van der Waals surface area (Å²) in [5.41, 5.74) is 2.29. The summed E-state index contributed by atoms with van der Waals surface area (Å²) in [6.45, 7) is 2.15. The van der Waals surface area contributed by atoms with Crippen LogP contribution in [0.1, 0.15) is 55.1 Å². The minimum atomic E-state index is -0.320. The predicted molar refractivity (Wildman–Crippen MR) is 95.9 cm³/mol. The van der Waals surface area contributed by atoms with Crippen LogP contribution in [0.2, 0.25) is 0 Å². The van der Waals surface area contributed by atoms with Crippen LogP contribution >= 0.6 is 11.6 Å². The number of hydrogen-bond donors (Lipinski definition) is 0. The number of carbonyl (C=O) groups excluding carboxylic acids is 1. The Bertz CT molecular complexity index is 732. The number of halogens is 1. The SMILES string of the molecule is CCOC(=O)c1c(CCl)n(C)c2cc(OC3CCCCC3)ccc12. The Morgan fingerprint density at radius 2 is 2.04 bits per heavy atom. The molecule has 2 aromatic rings. The van der Waals surface area contributed by atoms with E-state index in [0.717, 1.165) is 35.2 Å². The van der Waals surface area contributed by atoms with E-state index in [1.807, 2.05) is 29.8 Å². The second-order valence-electron chi connectivity index (χ2n) is 6.29.